The normalized spacial score (nSPS) is 20.8. The largest absolute Gasteiger partial charge is 0.395 e. The van der Waals surface area contributed by atoms with Gasteiger partial charge in [0.2, 0.25) is 0 Å². The van der Waals surface area contributed by atoms with Gasteiger partial charge in [0.05, 0.1) is 48.7 Å². The van der Waals surface area contributed by atoms with E-state index in [-0.39, 0.29) is 48.1 Å². The molecule has 3 atom stereocenters. The number of thioether (sulfide) groups is 1. The van der Waals surface area contributed by atoms with Gasteiger partial charge in [-0.3, -0.25) is 18.6 Å². The maximum atomic E-state index is 12.9. The van der Waals surface area contributed by atoms with E-state index in [9.17, 15) is 23.7 Å². The van der Waals surface area contributed by atoms with Crippen LogP contribution >= 0.6 is 23.9 Å². The molecule has 0 aliphatic carbocycles. The third-order valence-corrected chi connectivity index (χ3v) is 7.11. The van der Waals surface area contributed by atoms with E-state index < -0.39 is 11.8 Å². The van der Waals surface area contributed by atoms with E-state index >= 15 is 0 Å². The molecule has 2 aromatic rings. The van der Waals surface area contributed by atoms with E-state index in [4.69, 9.17) is 4.74 Å². The van der Waals surface area contributed by atoms with E-state index in [0.29, 0.717) is 43.7 Å². The van der Waals surface area contributed by atoms with Crippen molar-refractivity contribution in [2.75, 3.05) is 25.6 Å². The van der Waals surface area contributed by atoms with Crippen molar-refractivity contribution in [1.82, 2.24) is 24.1 Å². The lowest BCUT2D eigenvalue weighted by atomic mass is 10.2. The van der Waals surface area contributed by atoms with Crippen LogP contribution in [0.25, 0.3) is 0 Å². The lowest BCUT2D eigenvalue weighted by Gasteiger charge is -2.16. The summed E-state index contributed by atoms with van der Waals surface area (Å²) in [5.41, 5.74) is 0.421. The minimum absolute atomic E-state index is 0.125. The first-order valence-corrected chi connectivity index (χ1v) is 12.2. The standard InChI is InChI=1S/C19H28FN5O5S2/c1-13-10-25(17-9-15(27)16(12-26)32-17)19(29)24(18(13)28)4-7-30-6-2-3-14-11-23(22-21-14)5-8-31-20/h10-11,15-17,26-27H,2-9,12H2,1H3. The highest BCUT2D eigenvalue weighted by atomic mass is 32.2. The smallest absolute Gasteiger partial charge is 0.332 e. The van der Waals surface area contributed by atoms with E-state index in [0.717, 1.165) is 10.3 Å². The molecule has 10 nitrogen and oxygen atoms in total. The molecule has 32 heavy (non-hydrogen) atoms. The van der Waals surface area contributed by atoms with Crippen LogP contribution in [0.3, 0.4) is 0 Å². The van der Waals surface area contributed by atoms with Crippen molar-refractivity contribution in [2.45, 2.75) is 56.0 Å². The summed E-state index contributed by atoms with van der Waals surface area (Å²) in [6.45, 7) is 2.71. The van der Waals surface area contributed by atoms with Gasteiger partial charge in [-0.05, 0) is 19.8 Å². The molecule has 0 aromatic carbocycles. The number of hydrogen-bond acceptors (Lipinski definition) is 9. The molecule has 3 heterocycles. The SMILES string of the molecule is Cc1cn(C2CC(O)C(CO)S2)c(=O)n(CCOCCCc2cn(CCSF)nn2)c1=O. The summed E-state index contributed by atoms with van der Waals surface area (Å²) >= 11 is 1.60. The summed E-state index contributed by atoms with van der Waals surface area (Å²) in [5, 5.41) is 26.7. The van der Waals surface area contributed by atoms with Gasteiger partial charge in [0, 0.05) is 48.9 Å². The molecule has 1 aliphatic heterocycles. The molecule has 0 saturated carbocycles. The first-order valence-electron chi connectivity index (χ1n) is 10.4. The van der Waals surface area contributed by atoms with Crippen LogP contribution in [-0.2, 0) is 24.2 Å². The fourth-order valence-corrected chi connectivity index (χ4v) is 5.14. The van der Waals surface area contributed by atoms with Gasteiger partial charge in [-0.25, -0.2) is 4.79 Å². The van der Waals surface area contributed by atoms with Crippen LogP contribution in [0.2, 0.25) is 0 Å². The van der Waals surface area contributed by atoms with Crippen LogP contribution in [-0.4, -0.2) is 71.3 Å². The molecule has 13 heteroatoms. The molecule has 3 rings (SSSR count). The van der Waals surface area contributed by atoms with Gasteiger partial charge in [0.25, 0.3) is 5.56 Å². The Kier molecular flexibility index (Phi) is 9.34. The fraction of sp³-hybridized carbons (Fsp3) is 0.684. The van der Waals surface area contributed by atoms with Crippen LogP contribution < -0.4 is 11.2 Å². The van der Waals surface area contributed by atoms with Crippen molar-refractivity contribution in [3.63, 3.8) is 0 Å². The van der Waals surface area contributed by atoms with Crippen LogP contribution in [0.5, 0.6) is 0 Å². The lowest BCUT2D eigenvalue weighted by molar-refractivity contribution is 0.121. The van der Waals surface area contributed by atoms with Crippen molar-refractivity contribution < 1.29 is 18.8 Å². The summed E-state index contributed by atoms with van der Waals surface area (Å²) in [6.07, 6.45) is 4.29. The topological polar surface area (TPSA) is 124 Å². The van der Waals surface area contributed by atoms with Gasteiger partial charge in [-0.1, -0.05) is 5.21 Å². The molecule has 2 aromatic heterocycles. The zero-order valence-electron chi connectivity index (χ0n) is 17.8. The fourth-order valence-electron chi connectivity index (χ4n) is 3.52. The molecule has 0 spiro atoms. The Bertz CT molecular complexity index is 997. The summed E-state index contributed by atoms with van der Waals surface area (Å²) < 4.78 is 21.9. The van der Waals surface area contributed by atoms with Gasteiger partial charge in [0.1, 0.15) is 0 Å². The van der Waals surface area contributed by atoms with E-state index in [1.54, 1.807) is 17.8 Å². The summed E-state index contributed by atoms with van der Waals surface area (Å²) in [7, 11) is 0. The molecular formula is C19H28FN5O5S2. The highest BCUT2D eigenvalue weighted by Crippen LogP contribution is 2.40. The predicted octanol–water partition coefficient (Wildman–Crippen LogP) is 0.534. The molecule has 0 amide bonds. The molecule has 1 aliphatic rings. The van der Waals surface area contributed by atoms with E-state index in [2.05, 4.69) is 10.3 Å². The van der Waals surface area contributed by atoms with Gasteiger partial charge in [0.15, 0.2) is 0 Å². The second kappa shape index (κ2) is 12.0. The zero-order chi connectivity index (χ0) is 23.1. The maximum Gasteiger partial charge on any atom is 0.332 e. The molecule has 2 N–H and O–H groups in total. The Hall–Kier alpha value is -1.67. The lowest BCUT2D eigenvalue weighted by Crippen LogP contribution is -2.42. The number of rotatable bonds is 12. The first-order chi connectivity index (χ1) is 15.4. The quantitative estimate of drug-likeness (QED) is 0.411. The number of aliphatic hydroxyl groups is 2. The van der Waals surface area contributed by atoms with Crippen molar-refractivity contribution in [2.24, 2.45) is 0 Å². The molecule has 178 valence electrons. The number of ether oxygens (including phenoxy) is 1. The van der Waals surface area contributed by atoms with Gasteiger partial charge >= 0.3 is 5.69 Å². The van der Waals surface area contributed by atoms with Crippen molar-refractivity contribution >= 4 is 23.9 Å². The Morgan fingerprint density at radius 3 is 2.84 bits per heavy atom. The summed E-state index contributed by atoms with van der Waals surface area (Å²) in [4.78, 5) is 25.4. The zero-order valence-corrected chi connectivity index (χ0v) is 19.4. The Labute approximate surface area is 193 Å². The Morgan fingerprint density at radius 2 is 2.12 bits per heavy atom. The average molecular weight is 490 g/mol. The number of hydrogen-bond donors (Lipinski definition) is 2. The van der Waals surface area contributed by atoms with Crippen molar-refractivity contribution in [1.29, 1.82) is 0 Å². The number of aryl methyl sites for hydroxylation is 3. The molecule has 1 fully saturated rings. The Morgan fingerprint density at radius 1 is 1.31 bits per heavy atom. The maximum absolute atomic E-state index is 12.9. The number of aliphatic hydroxyl groups excluding tert-OH is 2. The minimum atomic E-state index is -0.699. The molecular weight excluding hydrogens is 461 g/mol. The number of halogens is 1. The van der Waals surface area contributed by atoms with Gasteiger partial charge in [-0.15, -0.1) is 16.9 Å². The molecule has 0 radical (unpaired) electrons. The van der Waals surface area contributed by atoms with E-state index in [1.807, 2.05) is 0 Å². The van der Waals surface area contributed by atoms with Crippen LogP contribution in [0, 0.1) is 6.92 Å². The third-order valence-electron chi connectivity index (χ3n) is 5.23. The van der Waals surface area contributed by atoms with Gasteiger partial charge in [-0.2, -0.15) is 3.89 Å². The van der Waals surface area contributed by atoms with Crippen LogP contribution in [0.15, 0.2) is 22.0 Å². The summed E-state index contributed by atoms with van der Waals surface area (Å²) in [6, 6.07) is 0. The van der Waals surface area contributed by atoms with Crippen LogP contribution in [0.4, 0.5) is 3.89 Å². The second-order valence-electron chi connectivity index (χ2n) is 7.58. The van der Waals surface area contributed by atoms with Crippen molar-refractivity contribution in [3.8, 4) is 0 Å². The van der Waals surface area contributed by atoms with Crippen molar-refractivity contribution in [3.05, 3.63) is 44.5 Å². The third kappa shape index (κ3) is 6.22. The minimum Gasteiger partial charge on any atom is -0.395 e. The highest BCUT2D eigenvalue weighted by molar-refractivity contribution is 8.00. The Balaban J connectivity index is 1.51. The summed E-state index contributed by atoms with van der Waals surface area (Å²) in [5.74, 6) is 0.327. The monoisotopic (exact) mass is 489 g/mol. The van der Waals surface area contributed by atoms with Gasteiger partial charge < -0.3 is 14.9 Å². The number of nitrogens with zero attached hydrogens (tertiary/aromatic N) is 5. The molecule has 3 unspecified atom stereocenters. The second-order valence-corrected chi connectivity index (χ2v) is 9.62. The average Bonchev–Trinajstić information content (AvgIpc) is 3.39. The van der Waals surface area contributed by atoms with Crippen LogP contribution in [0.1, 0.15) is 29.5 Å². The van der Waals surface area contributed by atoms with E-state index in [1.165, 1.54) is 22.5 Å². The highest BCUT2D eigenvalue weighted by Gasteiger charge is 2.35. The predicted molar refractivity (Wildman–Crippen MR) is 121 cm³/mol. The molecule has 1 saturated heterocycles. The first kappa shape index (κ1) is 25.0. The number of aromatic nitrogens is 5. The molecule has 0 bridgehead atoms.